The SMILES string of the molecule is c1ccc(CN2CC3CC2CN(c2ccccc2)C3)cc1. The summed E-state index contributed by atoms with van der Waals surface area (Å²) >= 11 is 0. The molecular weight excluding hydrogens is 256 g/mol. The second-order valence-corrected chi connectivity index (χ2v) is 6.41. The Bertz CT molecular complexity index is 581. The number of fused-ring (bicyclic) bond motifs is 2. The number of likely N-dealkylation sites (tertiary alicyclic amines) is 1. The predicted molar refractivity (Wildman–Crippen MR) is 87.4 cm³/mol. The summed E-state index contributed by atoms with van der Waals surface area (Å²) in [6.45, 7) is 4.74. The minimum Gasteiger partial charge on any atom is -0.370 e. The molecule has 2 bridgehead atoms. The van der Waals surface area contributed by atoms with Gasteiger partial charge in [0.05, 0.1) is 0 Å². The van der Waals surface area contributed by atoms with Gasteiger partial charge in [0, 0.05) is 37.9 Å². The van der Waals surface area contributed by atoms with Crippen LogP contribution in [-0.4, -0.2) is 30.6 Å². The third-order valence-electron chi connectivity index (χ3n) is 4.87. The van der Waals surface area contributed by atoms with Crippen LogP contribution in [0.4, 0.5) is 5.69 Å². The normalized spacial score (nSPS) is 25.2. The van der Waals surface area contributed by atoms with Gasteiger partial charge in [0.2, 0.25) is 0 Å². The second kappa shape index (κ2) is 5.53. The van der Waals surface area contributed by atoms with Crippen LogP contribution in [0.3, 0.4) is 0 Å². The van der Waals surface area contributed by atoms with Gasteiger partial charge in [-0.3, -0.25) is 4.90 Å². The maximum absolute atomic E-state index is 2.68. The molecular formula is C19H22N2. The Morgan fingerprint density at radius 3 is 2.29 bits per heavy atom. The Labute approximate surface area is 127 Å². The van der Waals surface area contributed by atoms with Crippen molar-refractivity contribution in [3.63, 3.8) is 0 Å². The number of hydrogen-bond donors (Lipinski definition) is 0. The van der Waals surface area contributed by atoms with E-state index in [2.05, 4.69) is 70.5 Å². The first-order valence-corrected chi connectivity index (χ1v) is 7.96. The van der Waals surface area contributed by atoms with E-state index in [0.717, 1.165) is 12.5 Å². The molecule has 0 spiro atoms. The summed E-state index contributed by atoms with van der Waals surface area (Å²) in [4.78, 5) is 5.26. The highest BCUT2D eigenvalue weighted by atomic mass is 15.3. The molecule has 2 fully saturated rings. The molecule has 2 saturated heterocycles. The van der Waals surface area contributed by atoms with E-state index in [1.165, 1.54) is 37.3 Å². The van der Waals surface area contributed by atoms with Crippen molar-refractivity contribution in [2.24, 2.45) is 5.92 Å². The van der Waals surface area contributed by atoms with E-state index in [1.54, 1.807) is 0 Å². The van der Waals surface area contributed by atoms with Crippen LogP contribution < -0.4 is 4.90 Å². The molecule has 2 nitrogen and oxygen atoms in total. The minimum absolute atomic E-state index is 0.712. The maximum Gasteiger partial charge on any atom is 0.0366 e. The minimum atomic E-state index is 0.712. The molecule has 2 heteroatoms. The highest BCUT2D eigenvalue weighted by molar-refractivity contribution is 5.47. The fraction of sp³-hybridized carbons (Fsp3) is 0.368. The Balaban J connectivity index is 1.47. The van der Waals surface area contributed by atoms with Gasteiger partial charge in [-0.05, 0) is 30.0 Å². The topological polar surface area (TPSA) is 6.48 Å². The summed E-state index contributed by atoms with van der Waals surface area (Å²) in [6.07, 6.45) is 1.37. The average Bonchev–Trinajstić information content (AvgIpc) is 2.82. The fourth-order valence-corrected chi connectivity index (χ4v) is 3.91. The van der Waals surface area contributed by atoms with Gasteiger partial charge in [0.1, 0.15) is 0 Å². The summed E-state index contributed by atoms with van der Waals surface area (Å²) in [5.41, 5.74) is 2.82. The highest BCUT2D eigenvalue weighted by Gasteiger charge is 2.38. The van der Waals surface area contributed by atoms with Crippen molar-refractivity contribution in [1.82, 2.24) is 4.90 Å². The first-order valence-electron chi connectivity index (χ1n) is 7.96. The Morgan fingerprint density at radius 1 is 0.810 bits per heavy atom. The maximum atomic E-state index is 2.68. The van der Waals surface area contributed by atoms with Gasteiger partial charge in [-0.15, -0.1) is 0 Å². The summed E-state index contributed by atoms with van der Waals surface area (Å²) < 4.78 is 0. The lowest BCUT2D eigenvalue weighted by molar-refractivity contribution is 0.252. The smallest absolute Gasteiger partial charge is 0.0366 e. The first-order chi connectivity index (χ1) is 10.4. The van der Waals surface area contributed by atoms with E-state index in [4.69, 9.17) is 0 Å². The zero-order valence-corrected chi connectivity index (χ0v) is 12.4. The van der Waals surface area contributed by atoms with Crippen LogP contribution in [0.1, 0.15) is 12.0 Å². The lowest BCUT2D eigenvalue weighted by Gasteiger charge is -2.34. The third kappa shape index (κ3) is 2.68. The number of rotatable bonds is 3. The summed E-state index contributed by atoms with van der Waals surface area (Å²) in [5, 5.41) is 0. The van der Waals surface area contributed by atoms with E-state index in [1.807, 2.05) is 0 Å². The standard InChI is InChI=1S/C19H22N2/c1-3-7-16(8-4-1)12-20-13-17-11-19(20)15-21(14-17)18-9-5-2-6-10-18/h1-10,17,19H,11-15H2. The van der Waals surface area contributed by atoms with Crippen molar-refractivity contribution in [2.45, 2.75) is 19.0 Å². The molecule has 2 aliphatic rings. The molecule has 4 rings (SSSR count). The van der Waals surface area contributed by atoms with Gasteiger partial charge in [0.15, 0.2) is 0 Å². The van der Waals surface area contributed by atoms with Crippen molar-refractivity contribution >= 4 is 5.69 Å². The summed E-state index contributed by atoms with van der Waals surface area (Å²) in [5.74, 6) is 0.827. The summed E-state index contributed by atoms with van der Waals surface area (Å²) in [7, 11) is 0. The van der Waals surface area contributed by atoms with Crippen LogP contribution in [-0.2, 0) is 6.54 Å². The fourth-order valence-electron chi connectivity index (χ4n) is 3.91. The Hall–Kier alpha value is -1.80. The molecule has 2 aliphatic heterocycles. The molecule has 2 atom stereocenters. The van der Waals surface area contributed by atoms with Crippen molar-refractivity contribution in [3.05, 3.63) is 66.2 Å². The van der Waals surface area contributed by atoms with Gasteiger partial charge in [-0.25, -0.2) is 0 Å². The van der Waals surface area contributed by atoms with Gasteiger partial charge in [-0.2, -0.15) is 0 Å². The third-order valence-corrected chi connectivity index (χ3v) is 4.87. The van der Waals surface area contributed by atoms with Crippen molar-refractivity contribution in [2.75, 3.05) is 24.5 Å². The van der Waals surface area contributed by atoms with Gasteiger partial charge in [-0.1, -0.05) is 48.5 Å². The number of benzene rings is 2. The molecule has 2 unspecified atom stereocenters. The second-order valence-electron chi connectivity index (χ2n) is 6.41. The van der Waals surface area contributed by atoms with E-state index in [0.29, 0.717) is 6.04 Å². The molecule has 0 amide bonds. The molecule has 0 saturated carbocycles. The van der Waals surface area contributed by atoms with Crippen molar-refractivity contribution < 1.29 is 0 Å². The van der Waals surface area contributed by atoms with E-state index < -0.39 is 0 Å². The molecule has 0 N–H and O–H groups in total. The number of piperidine rings is 1. The predicted octanol–water partition coefficient (Wildman–Crippen LogP) is 3.40. The number of nitrogens with zero attached hydrogens (tertiary/aromatic N) is 2. The Kier molecular flexibility index (Phi) is 3.40. The molecule has 0 aliphatic carbocycles. The Morgan fingerprint density at radius 2 is 1.52 bits per heavy atom. The zero-order valence-electron chi connectivity index (χ0n) is 12.4. The molecule has 21 heavy (non-hydrogen) atoms. The van der Waals surface area contributed by atoms with Crippen LogP contribution >= 0.6 is 0 Å². The molecule has 0 radical (unpaired) electrons. The molecule has 2 aromatic rings. The van der Waals surface area contributed by atoms with E-state index in [-0.39, 0.29) is 0 Å². The van der Waals surface area contributed by atoms with Crippen LogP contribution in [0, 0.1) is 5.92 Å². The lowest BCUT2D eigenvalue weighted by atomic mass is 9.99. The van der Waals surface area contributed by atoms with E-state index >= 15 is 0 Å². The average molecular weight is 278 g/mol. The molecule has 2 heterocycles. The zero-order chi connectivity index (χ0) is 14.1. The van der Waals surface area contributed by atoms with Gasteiger partial charge in [0.25, 0.3) is 0 Å². The lowest BCUT2D eigenvalue weighted by Crippen LogP contribution is -2.42. The van der Waals surface area contributed by atoms with Crippen LogP contribution in [0.15, 0.2) is 60.7 Å². The highest BCUT2D eigenvalue weighted by Crippen LogP contribution is 2.33. The van der Waals surface area contributed by atoms with Crippen LogP contribution in [0.2, 0.25) is 0 Å². The first kappa shape index (κ1) is 12.9. The number of anilines is 1. The van der Waals surface area contributed by atoms with Crippen LogP contribution in [0.25, 0.3) is 0 Å². The largest absolute Gasteiger partial charge is 0.370 e. The van der Waals surface area contributed by atoms with Crippen molar-refractivity contribution in [1.29, 1.82) is 0 Å². The monoisotopic (exact) mass is 278 g/mol. The van der Waals surface area contributed by atoms with Gasteiger partial charge >= 0.3 is 0 Å². The quantitative estimate of drug-likeness (QED) is 0.849. The van der Waals surface area contributed by atoms with E-state index in [9.17, 15) is 0 Å². The molecule has 0 aromatic heterocycles. The number of hydrogen-bond acceptors (Lipinski definition) is 2. The number of para-hydroxylation sites is 1. The van der Waals surface area contributed by atoms with Crippen LogP contribution in [0.5, 0.6) is 0 Å². The molecule has 2 aromatic carbocycles. The molecule has 108 valence electrons. The summed E-state index contributed by atoms with van der Waals surface area (Å²) in [6, 6.07) is 22.5. The van der Waals surface area contributed by atoms with Crippen molar-refractivity contribution in [3.8, 4) is 0 Å². The van der Waals surface area contributed by atoms with Gasteiger partial charge < -0.3 is 4.90 Å².